The SMILES string of the molecule is CCC(C)c1ccc(OCC(=O)N/N=C\c2cc(N=Nc3ccccc3Cl)ccc2O)cc1. The zero-order valence-electron chi connectivity index (χ0n) is 18.4. The van der Waals surface area contributed by atoms with Gasteiger partial charge in [0, 0.05) is 5.56 Å². The Bertz CT molecular complexity index is 1150. The smallest absolute Gasteiger partial charge is 0.277 e. The van der Waals surface area contributed by atoms with Crippen LogP contribution in [0.1, 0.15) is 37.3 Å². The number of amides is 1. The highest BCUT2D eigenvalue weighted by molar-refractivity contribution is 6.32. The number of aromatic hydroxyl groups is 1. The van der Waals surface area contributed by atoms with E-state index < -0.39 is 5.91 Å². The van der Waals surface area contributed by atoms with Gasteiger partial charge in [0.25, 0.3) is 5.91 Å². The molecule has 7 nitrogen and oxygen atoms in total. The van der Waals surface area contributed by atoms with Gasteiger partial charge in [0.15, 0.2) is 6.61 Å². The van der Waals surface area contributed by atoms with Crippen LogP contribution in [0.25, 0.3) is 0 Å². The molecule has 0 fully saturated rings. The van der Waals surface area contributed by atoms with E-state index in [-0.39, 0.29) is 12.4 Å². The maximum Gasteiger partial charge on any atom is 0.277 e. The van der Waals surface area contributed by atoms with E-state index in [1.807, 2.05) is 30.3 Å². The van der Waals surface area contributed by atoms with Gasteiger partial charge in [-0.1, -0.05) is 49.7 Å². The molecule has 0 aliphatic rings. The zero-order valence-corrected chi connectivity index (χ0v) is 19.2. The van der Waals surface area contributed by atoms with Crippen LogP contribution in [-0.2, 0) is 4.79 Å². The summed E-state index contributed by atoms with van der Waals surface area (Å²) < 4.78 is 5.49. The second-order valence-corrected chi connectivity index (χ2v) is 7.76. The molecule has 0 saturated heterocycles. The van der Waals surface area contributed by atoms with Crippen LogP contribution < -0.4 is 10.2 Å². The molecule has 3 aromatic rings. The van der Waals surface area contributed by atoms with Crippen molar-refractivity contribution in [2.75, 3.05) is 6.61 Å². The van der Waals surface area contributed by atoms with Crippen molar-refractivity contribution in [1.82, 2.24) is 5.43 Å². The zero-order chi connectivity index (χ0) is 23.6. The van der Waals surface area contributed by atoms with Crippen molar-refractivity contribution in [3.8, 4) is 11.5 Å². The van der Waals surface area contributed by atoms with Crippen LogP contribution in [0.15, 0.2) is 82.1 Å². The Balaban J connectivity index is 1.54. The maximum atomic E-state index is 12.0. The average Bonchev–Trinajstić information content (AvgIpc) is 2.83. The van der Waals surface area contributed by atoms with E-state index in [2.05, 4.69) is 34.6 Å². The number of benzene rings is 3. The van der Waals surface area contributed by atoms with Crippen molar-refractivity contribution >= 4 is 35.1 Å². The number of azo groups is 1. The molecule has 33 heavy (non-hydrogen) atoms. The normalized spacial score (nSPS) is 12.2. The van der Waals surface area contributed by atoms with Crippen LogP contribution in [0.5, 0.6) is 11.5 Å². The van der Waals surface area contributed by atoms with Crippen molar-refractivity contribution in [2.45, 2.75) is 26.2 Å². The molecule has 0 spiro atoms. The summed E-state index contributed by atoms with van der Waals surface area (Å²) in [5.41, 5.74) is 4.99. The molecule has 170 valence electrons. The molecule has 0 aliphatic heterocycles. The van der Waals surface area contributed by atoms with Crippen molar-refractivity contribution in [3.05, 3.63) is 82.9 Å². The summed E-state index contributed by atoms with van der Waals surface area (Å²) in [4.78, 5) is 12.0. The Morgan fingerprint density at radius 3 is 2.61 bits per heavy atom. The van der Waals surface area contributed by atoms with Gasteiger partial charge in [0.2, 0.25) is 0 Å². The Hall–Kier alpha value is -3.71. The lowest BCUT2D eigenvalue weighted by Crippen LogP contribution is -2.24. The number of hydrogen-bond acceptors (Lipinski definition) is 6. The average molecular weight is 465 g/mol. The topological polar surface area (TPSA) is 95.6 Å². The number of nitrogens with one attached hydrogen (secondary N) is 1. The highest BCUT2D eigenvalue weighted by Gasteiger charge is 2.06. The van der Waals surface area contributed by atoms with Crippen LogP contribution in [0.3, 0.4) is 0 Å². The first kappa shape index (κ1) is 23.9. The molecule has 1 atom stereocenters. The van der Waals surface area contributed by atoms with E-state index >= 15 is 0 Å². The van der Waals surface area contributed by atoms with Crippen molar-refractivity contribution < 1.29 is 14.6 Å². The number of rotatable bonds is 9. The molecular weight excluding hydrogens is 440 g/mol. The fourth-order valence-corrected chi connectivity index (χ4v) is 3.01. The molecule has 0 aliphatic carbocycles. The van der Waals surface area contributed by atoms with E-state index in [1.165, 1.54) is 17.8 Å². The molecule has 0 radical (unpaired) electrons. The fourth-order valence-electron chi connectivity index (χ4n) is 2.84. The van der Waals surface area contributed by atoms with Gasteiger partial charge in [-0.15, -0.1) is 5.11 Å². The number of carbonyl (C=O) groups is 1. The first-order valence-corrected chi connectivity index (χ1v) is 10.9. The van der Waals surface area contributed by atoms with Crippen molar-refractivity contribution in [1.29, 1.82) is 0 Å². The van der Waals surface area contributed by atoms with Crippen LogP contribution >= 0.6 is 11.6 Å². The molecule has 3 rings (SSSR count). The summed E-state index contributed by atoms with van der Waals surface area (Å²) in [5, 5.41) is 22.6. The van der Waals surface area contributed by atoms with Crippen molar-refractivity contribution in [3.63, 3.8) is 0 Å². The van der Waals surface area contributed by atoms with Gasteiger partial charge in [-0.2, -0.15) is 10.2 Å². The van der Waals surface area contributed by atoms with Crippen LogP contribution in [0, 0.1) is 0 Å². The lowest BCUT2D eigenvalue weighted by Gasteiger charge is -2.10. The number of halogens is 1. The molecule has 8 heteroatoms. The predicted octanol–water partition coefficient (Wildman–Crippen LogP) is 6.50. The fraction of sp³-hybridized carbons (Fsp3) is 0.200. The largest absolute Gasteiger partial charge is 0.507 e. The van der Waals surface area contributed by atoms with Crippen molar-refractivity contribution in [2.24, 2.45) is 15.3 Å². The lowest BCUT2D eigenvalue weighted by atomic mass is 9.99. The third-order valence-electron chi connectivity index (χ3n) is 4.96. The number of ether oxygens (including phenoxy) is 1. The predicted molar refractivity (Wildman–Crippen MR) is 130 cm³/mol. The van der Waals surface area contributed by atoms with Gasteiger partial charge >= 0.3 is 0 Å². The summed E-state index contributed by atoms with van der Waals surface area (Å²) in [5.74, 6) is 0.647. The maximum absolute atomic E-state index is 12.0. The number of hydrazone groups is 1. The Morgan fingerprint density at radius 2 is 1.88 bits per heavy atom. The minimum absolute atomic E-state index is 0.0117. The van der Waals surface area contributed by atoms with E-state index in [0.29, 0.717) is 33.6 Å². The number of carbonyl (C=O) groups excluding carboxylic acids is 1. The van der Waals surface area contributed by atoms with Gasteiger partial charge in [-0.05, 0) is 60.4 Å². The summed E-state index contributed by atoms with van der Waals surface area (Å²) in [6.07, 6.45) is 2.38. The van der Waals surface area contributed by atoms with Crippen LogP contribution in [0.4, 0.5) is 11.4 Å². The molecule has 1 unspecified atom stereocenters. The molecule has 0 aromatic heterocycles. The summed E-state index contributed by atoms with van der Waals surface area (Å²) in [7, 11) is 0. The molecule has 0 saturated carbocycles. The number of phenols is 1. The highest BCUT2D eigenvalue weighted by atomic mass is 35.5. The van der Waals surface area contributed by atoms with Crippen LogP contribution in [-0.4, -0.2) is 23.8 Å². The monoisotopic (exact) mass is 464 g/mol. The molecule has 2 N–H and O–H groups in total. The van der Waals surface area contributed by atoms with Gasteiger partial charge in [0.1, 0.15) is 17.2 Å². The molecule has 0 heterocycles. The van der Waals surface area contributed by atoms with E-state index in [0.717, 1.165) is 6.42 Å². The van der Waals surface area contributed by atoms with Crippen LogP contribution in [0.2, 0.25) is 5.02 Å². The van der Waals surface area contributed by atoms with Gasteiger partial charge < -0.3 is 9.84 Å². The Kier molecular flexibility index (Phi) is 8.55. The highest BCUT2D eigenvalue weighted by Crippen LogP contribution is 2.28. The second-order valence-electron chi connectivity index (χ2n) is 7.35. The first-order valence-electron chi connectivity index (χ1n) is 10.5. The quantitative estimate of drug-likeness (QED) is 0.215. The van der Waals surface area contributed by atoms with Gasteiger partial charge in [-0.3, -0.25) is 4.79 Å². The lowest BCUT2D eigenvalue weighted by molar-refractivity contribution is -0.123. The standard InChI is InChI=1S/C25H25ClN4O3/c1-3-17(2)18-8-11-21(12-9-18)33-16-25(32)30-27-15-19-14-20(10-13-24(19)31)28-29-23-7-5-4-6-22(23)26/h4-15,17,31H,3,16H2,1-2H3,(H,30,32)/b27-15-,29-28?. The molecule has 1 amide bonds. The third-order valence-corrected chi connectivity index (χ3v) is 5.28. The van der Waals surface area contributed by atoms with Gasteiger partial charge in [-0.25, -0.2) is 5.43 Å². The molecular formula is C25H25ClN4O3. The third kappa shape index (κ3) is 7.15. The summed E-state index contributed by atoms with van der Waals surface area (Å²) in [6, 6.07) is 19.4. The summed E-state index contributed by atoms with van der Waals surface area (Å²) in [6.45, 7) is 4.12. The Morgan fingerprint density at radius 1 is 1.12 bits per heavy atom. The number of phenolic OH excluding ortho intramolecular Hbond substituents is 1. The molecule has 0 bridgehead atoms. The second kappa shape index (κ2) is 11.8. The van der Waals surface area contributed by atoms with E-state index in [4.69, 9.17) is 16.3 Å². The van der Waals surface area contributed by atoms with E-state index in [1.54, 1.807) is 30.3 Å². The minimum atomic E-state index is -0.425. The minimum Gasteiger partial charge on any atom is -0.507 e. The first-order chi connectivity index (χ1) is 16.0. The molecule has 3 aromatic carbocycles. The van der Waals surface area contributed by atoms with Gasteiger partial charge in [0.05, 0.1) is 16.9 Å². The van der Waals surface area contributed by atoms with E-state index in [9.17, 15) is 9.90 Å². The Labute approximate surface area is 197 Å². The number of nitrogens with zero attached hydrogens (tertiary/aromatic N) is 3. The summed E-state index contributed by atoms with van der Waals surface area (Å²) >= 11 is 6.07. The number of hydrogen-bond donors (Lipinski definition) is 2.